The zero-order valence-electron chi connectivity index (χ0n) is 13.0. The molecule has 1 aliphatic rings. The Kier molecular flexibility index (Phi) is 5.26. The first-order valence-electron chi connectivity index (χ1n) is 7.23. The Morgan fingerprint density at radius 1 is 1.04 bits per heavy atom. The van der Waals surface area contributed by atoms with Gasteiger partial charge in [-0.05, 0) is 20.3 Å². The van der Waals surface area contributed by atoms with Crippen LogP contribution in [-0.2, 0) is 9.53 Å². The summed E-state index contributed by atoms with van der Waals surface area (Å²) in [7, 11) is 0. The number of benzene rings is 1. The van der Waals surface area contributed by atoms with Gasteiger partial charge in [0.05, 0.1) is 6.61 Å². The van der Waals surface area contributed by atoms with Crippen LogP contribution in [-0.4, -0.2) is 18.4 Å². The zero-order valence-corrected chi connectivity index (χ0v) is 13.0. The minimum Gasteiger partial charge on any atom is -0.462 e. The van der Waals surface area contributed by atoms with E-state index in [4.69, 9.17) is 4.74 Å². The molecular weight excluding hydrogens is 332 g/mol. The Balaban J connectivity index is 2.52. The quantitative estimate of drug-likeness (QED) is 0.472. The van der Waals surface area contributed by atoms with Crippen LogP contribution in [0.1, 0.15) is 43.5 Å². The van der Waals surface area contributed by atoms with Crippen molar-refractivity contribution in [3.05, 3.63) is 40.2 Å². The minimum absolute atomic E-state index is 0.0632. The number of carbonyl (C=O) groups is 2. The first-order valence-corrected chi connectivity index (χ1v) is 7.23. The molecule has 1 aliphatic carbocycles. The van der Waals surface area contributed by atoms with Gasteiger partial charge in [0, 0.05) is 18.4 Å². The lowest BCUT2D eigenvalue weighted by molar-refractivity contribution is -0.116. The lowest BCUT2D eigenvalue weighted by Gasteiger charge is -2.19. The van der Waals surface area contributed by atoms with E-state index in [1.807, 2.05) is 0 Å². The maximum absolute atomic E-state index is 14.1. The van der Waals surface area contributed by atoms with Gasteiger partial charge in [-0.3, -0.25) is 4.79 Å². The lowest BCUT2D eigenvalue weighted by atomic mass is 9.97. The smallest absolute Gasteiger partial charge is 0.344 e. The monoisotopic (exact) mass is 346 g/mol. The van der Waals surface area contributed by atoms with Crippen LogP contribution in [0.5, 0.6) is 5.75 Å². The normalized spacial score (nSPS) is 14.8. The third kappa shape index (κ3) is 3.13. The number of hydrogen-bond donors (Lipinski definition) is 0. The highest BCUT2D eigenvalue weighted by atomic mass is 19.2. The summed E-state index contributed by atoms with van der Waals surface area (Å²) >= 11 is 0. The number of halogens is 4. The molecule has 0 N–H and O–H groups in total. The van der Waals surface area contributed by atoms with Crippen LogP contribution in [0.2, 0.25) is 0 Å². The number of hydrogen-bond acceptors (Lipinski definition) is 4. The summed E-state index contributed by atoms with van der Waals surface area (Å²) in [4.78, 5) is 23.0. The van der Waals surface area contributed by atoms with Crippen molar-refractivity contribution in [3.63, 3.8) is 0 Å². The number of ether oxygens (including phenoxy) is 2. The average molecular weight is 346 g/mol. The molecule has 0 spiro atoms. The van der Waals surface area contributed by atoms with Crippen molar-refractivity contribution in [2.24, 2.45) is 0 Å². The molecule has 0 radical (unpaired) electrons. The van der Waals surface area contributed by atoms with Gasteiger partial charge in [0.1, 0.15) is 11.3 Å². The molecule has 0 aliphatic heterocycles. The summed E-state index contributed by atoms with van der Waals surface area (Å²) < 4.78 is 65.3. The van der Waals surface area contributed by atoms with E-state index in [1.54, 1.807) is 0 Å². The molecule has 1 aromatic rings. The molecule has 0 saturated carbocycles. The van der Waals surface area contributed by atoms with Crippen LogP contribution in [0.15, 0.2) is 11.3 Å². The van der Waals surface area contributed by atoms with Crippen molar-refractivity contribution in [1.29, 1.82) is 0 Å². The van der Waals surface area contributed by atoms with Crippen LogP contribution < -0.4 is 4.74 Å². The molecule has 0 amide bonds. The molecule has 0 saturated heterocycles. The predicted octanol–water partition coefficient (Wildman–Crippen LogP) is 3.83. The molecule has 0 unspecified atom stereocenters. The maximum atomic E-state index is 14.1. The number of allylic oxidation sites excluding steroid dienone is 2. The second kappa shape index (κ2) is 7.02. The van der Waals surface area contributed by atoms with Gasteiger partial charge in [-0.2, -0.15) is 8.78 Å². The maximum Gasteiger partial charge on any atom is 0.344 e. The summed E-state index contributed by atoms with van der Waals surface area (Å²) in [5.74, 6) is -10.8. The largest absolute Gasteiger partial charge is 0.462 e. The molecule has 24 heavy (non-hydrogen) atoms. The fourth-order valence-corrected chi connectivity index (χ4v) is 2.27. The highest BCUT2D eigenvalue weighted by Crippen LogP contribution is 2.34. The second-order valence-corrected chi connectivity index (χ2v) is 5.11. The van der Waals surface area contributed by atoms with E-state index in [1.165, 1.54) is 13.8 Å². The van der Waals surface area contributed by atoms with Crippen molar-refractivity contribution < 1.29 is 36.6 Å². The van der Waals surface area contributed by atoms with Crippen LogP contribution >= 0.6 is 0 Å². The number of Topliss-reactive ketones (excluding diaryl/α,β-unsaturated/α-hetero) is 1. The Hall–Kier alpha value is -2.38. The van der Waals surface area contributed by atoms with E-state index in [0.29, 0.717) is 6.42 Å². The van der Waals surface area contributed by atoms with E-state index in [2.05, 4.69) is 4.74 Å². The topological polar surface area (TPSA) is 52.6 Å². The Morgan fingerprint density at radius 3 is 2.17 bits per heavy atom. The number of esters is 1. The van der Waals surface area contributed by atoms with Crippen molar-refractivity contribution in [3.8, 4) is 5.75 Å². The molecular formula is C16H14F4O4. The zero-order chi connectivity index (χ0) is 18.0. The first-order chi connectivity index (χ1) is 11.3. The molecule has 130 valence electrons. The number of carbonyl (C=O) groups excluding carboxylic acids is 2. The van der Waals surface area contributed by atoms with Gasteiger partial charge in [-0.1, -0.05) is 0 Å². The van der Waals surface area contributed by atoms with E-state index >= 15 is 0 Å². The first kappa shape index (κ1) is 18.0. The Morgan fingerprint density at radius 2 is 1.62 bits per heavy atom. The summed E-state index contributed by atoms with van der Waals surface area (Å²) in [5.41, 5.74) is -1.33. The van der Waals surface area contributed by atoms with E-state index in [0.717, 1.165) is 0 Å². The third-order valence-electron chi connectivity index (χ3n) is 3.57. The molecule has 0 fully saturated rings. The fourth-order valence-electron chi connectivity index (χ4n) is 2.27. The molecule has 0 heterocycles. The summed E-state index contributed by atoms with van der Waals surface area (Å²) in [6.07, 6.45) is 0.841. The van der Waals surface area contributed by atoms with Gasteiger partial charge >= 0.3 is 5.97 Å². The average Bonchev–Trinajstić information content (AvgIpc) is 2.54. The number of rotatable bonds is 4. The van der Waals surface area contributed by atoms with Crippen molar-refractivity contribution in [1.82, 2.24) is 0 Å². The van der Waals surface area contributed by atoms with Gasteiger partial charge in [0.25, 0.3) is 0 Å². The predicted molar refractivity (Wildman–Crippen MR) is 74.4 cm³/mol. The van der Waals surface area contributed by atoms with Crippen molar-refractivity contribution >= 4 is 11.8 Å². The molecule has 2 rings (SSSR count). The molecule has 8 heteroatoms. The molecule has 0 atom stereocenters. The van der Waals surface area contributed by atoms with E-state index < -0.39 is 40.6 Å². The SMILES string of the molecule is CCOC(=O)c1c(F)c(F)c(OC2=C(C)C(=O)CCC2)c(F)c1F. The van der Waals surface area contributed by atoms with Gasteiger partial charge < -0.3 is 9.47 Å². The standard InChI is InChI=1S/C16H14F4O4/c1-3-23-16(22)10-11(17)13(19)15(14(20)12(10)18)24-9-6-4-5-8(21)7(9)2/h3-6H2,1-2H3. The van der Waals surface area contributed by atoms with Crippen LogP contribution in [0, 0.1) is 23.3 Å². The second-order valence-electron chi connectivity index (χ2n) is 5.11. The summed E-state index contributed by atoms with van der Waals surface area (Å²) in [6, 6.07) is 0. The van der Waals surface area contributed by atoms with Crippen molar-refractivity contribution in [2.45, 2.75) is 33.1 Å². The lowest BCUT2D eigenvalue weighted by Crippen LogP contribution is -2.17. The van der Waals surface area contributed by atoms with Gasteiger partial charge in [-0.25, -0.2) is 13.6 Å². The van der Waals surface area contributed by atoms with Crippen LogP contribution in [0.4, 0.5) is 17.6 Å². The Bertz CT molecular complexity index is 711. The molecule has 1 aromatic carbocycles. The fraction of sp³-hybridized carbons (Fsp3) is 0.375. The van der Waals surface area contributed by atoms with Crippen molar-refractivity contribution in [2.75, 3.05) is 6.61 Å². The highest BCUT2D eigenvalue weighted by Gasteiger charge is 2.32. The Labute approximate surface area is 135 Å². The molecule has 4 nitrogen and oxygen atoms in total. The van der Waals surface area contributed by atoms with E-state index in [-0.39, 0.29) is 36.6 Å². The van der Waals surface area contributed by atoms with Gasteiger partial charge in [0.2, 0.25) is 17.4 Å². The van der Waals surface area contributed by atoms with Crippen LogP contribution in [0.3, 0.4) is 0 Å². The highest BCUT2D eigenvalue weighted by molar-refractivity contribution is 5.96. The number of ketones is 1. The summed E-state index contributed by atoms with van der Waals surface area (Å²) in [6.45, 7) is 2.53. The minimum atomic E-state index is -1.91. The third-order valence-corrected chi connectivity index (χ3v) is 3.57. The van der Waals surface area contributed by atoms with E-state index in [9.17, 15) is 27.2 Å². The molecule has 0 bridgehead atoms. The van der Waals surface area contributed by atoms with Gasteiger partial charge in [0.15, 0.2) is 17.4 Å². The van der Waals surface area contributed by atoms with Crippen LogP contribution in [0.25, 0.3) is 0 Å². The van der Waals surface area contributed by atoms with Gasteiger partial charge in [-0.15, -0.1) is 0 Å². The summed E-state index contributed by atoms with van der Waals surface area (Å²) in [5, 5.41) is 0. The molecule has 0 aromatic heterocycles.